The van der Waals surface area contributed by atoms with Crippen molar-refractivity contribution in [1.29, 1.82) is 0 Å². The Balaban J connectivity index is 1.87. The van der Waals surface area contributed by atoms with Gasteiger partial charge in [-0.15, -0.1) is 4.83 Å². The molecule has 3 rings (SSSR count). The van der Waals surface area contributed by atoms with Crippen LogP contribution in [-0.4, -0.2) is 37.0 Å². The summed E-state index contributed by atoms with van der Waals surface area (Å²) in [5, 5.41) is 10.9. The summed E-state index contributed by atoms with van der Waals surface area (Å²) in [6, 6.07) is 15.0. The number of hydrogen-bond donors (Lipinski definition) is 1. The Morgan fingerprint density at radius 1 is 1.00 bits per heavy atom. The van der Waals surface area contributed by atoms with Gasteiger partial charge in [-0.1, -0.05) is 12.1 Å². The Labute approximate surface area is 142 Å². The third kappa shape index (κ3) is 3.20. The lowest BCUT2D eigenvalue weighted by Crippen LogP contribution is -2.33. The molecule has 2 aromatic carbocycles. The van der Waals surface area contributed by atoms with Crippen LogP contribution in [0.4, 0.5) is 0 Å². The number of hydrogen-bond acceptors (Lipinski definition) is 4. The topological polar surface area (TPSA) is 59.0 Å². The van der Waals surface area contributed by atoms with E-state index in [1.165, 1.54) is 0 Å². The number of ether oxygens (including phenoxy) is 2. The molecule has 0 bridgehead atoms. The van der Waals surface area contributed by atoms with Gasteiger partial charge in [-0.25, -0.2) is 0 Å². The van der Waals surface area contributed by atoms with E-state index in [0.29, 0.717) is 23.8 Å². The van der Waals surface area contributed by atoms with E-state index in [4.69, 9.17) is 9.47 Å². The number of rotatable bonds is 4. The normalized spacial score (nSPS) is 24.5. The van der Waals surface area contributed by atoms with Gasteiger partial charge in [-0.2, -0.15) is 0 Å². The quantitative estimate of drug-likeness (QED) is 0.858. The van der Waals surface area contributed by atoms with Crippen LogP contribution in [0, 0.1) is 0 Å². The predicted molar refractivity (Wildman–Crippen MR) is 93.9 cm³/mol. The minimum absolute atomic E-state index is 0.146. The smallest absolute Gasteiger partial charge is 0.201 e. The maximum atomic E-state index is 13.5. The predicted octanol–water partition coefficient (Wildman–Crippen LogP) is 3.49. The van der Waals surface area contributed by atoms with Crippen molar-refractivity contribution >= 4 is 12.6 Å². The number of methoxy groups -OCH3 is 2. The summed E-state index contributed by atoms with van der Waals surface area (Å²) in [6.45, 7) is 0.389. The molecule has 2 aromatic rings. The fraction of sp³-hybridized carbons (Fsp3) is 0.333. The average Bonchev–Trinajstić information content (AvgIpc) is 2.64. The van der Waals surface area contributed by atoms with Crippen molar-refractivity contribution in [1.82, 2.24) is 4.83 Å². The molecule has 0 radical (unpaired) electrons. The van der Waals surface area contributed by atoms with Gasteiger partial charge in [-0.05, 0) is 54.3 Å². The van der Waals surface area contributed by atoms with Crippen LogP contribution in [0.3, 0.4) is 0 Å². The molecule has 1 heterocycles. The van der Waals surface area contributed by atoms with Gasteiger partial charge < -0.3 is 14.7 Å². The van der Waals surface area contributed by atoms with Crippen molar-refractivity contribution < 1.29 is 19.2 Å². The fourth-order valence-electron chi connectivity index (χ4n) is 3.12. The molecule has 0 saturated carbocycles. The van der Waals surface area contributed by atoms with Crippen LogP contribution in [0.1, 0.15) is 17.9 Å². The van der Waals surface area contributed by atoms with Crippen LogP contribution >= 0.6 is 7.29 Å². The van der Waals surface area contributed by atoms with Crippen molar-refractivity contribution in [3.05, 3.63) is 54.1 Å². The summed E-state index contributed by atoms with van der Waals surface area (Å²) in [7, 11) is 0.204. The van der Waals surface area contributed by atoms with Gasteiger partial charge in [0.25, 0.3) is 0 Å². The zero-order valence-electron chi connectivity index (χ0n) is 13.9. The lowest BCUT2D eigenvalue weighted by Gasteiger charge is -2.36. The van der Waals surface area contributed by atoms with Crippen LogP contribution in [0.5, 0.6) is 11.5 Å². The lowest BCUT2D eigenvalue weighted by atomic mass is 9.97. The SMILES string of the molecule is COc1ccc(C2CCN(O)P(=O)(c3ccc(OC)cc3)C2)cc1. The monoisotopic (exact) mass is 347 g/mol. The molecule has 0 aromatic heterocycles. The summed E-state index contributed by atoms with van der Waals surface area (Å²) >= 11 is 0. The van der Waals surface area contributed by atoms with Crippen LogP contribution in [0.15, 0.2) is 48.5 Å². The molecule has 0 spiro atoms. The summed E-state index contributed by atoms with van der Waals surface area (Å²) in [6.07, 6.45) is 1.19. The Kier molecular flexibility index (Phi) is 4.95. The maximum Gasteiger partial charge on any atom is 0.201 e. The van der Waals surface area contributed by atoms with Crippen molar-refractivity contribution in [2.24, 2.45) is 0 Å². The molecular weight excluding hydrogens is 325 g/mol. The van der Waals surface area contributed by atoms with Crippen LogP contribution in [0.2, 0.25) is 0 Å². The third-order valence-electron chi connectivity index (χ3n) is 4.58. The van der Waals surface area contributed by atoms with Crippen molar-refractivity contribution in [2.45, 2.75) is 12.3 Å². The van der Waals surface area contributed by atoms with Crippen LogP contribution in [0.25, 0.3) is 0 Å². The van der Waals surface area contributed by atoms with E-state index in [1.807, 2.05) is 24.3 Å². The van der Waals surface area contributed by atoms with E-state index in [1.54, 1.807) is 38.5 Å². The largest absolute Gasteiger partial charge is 0.497 e. The van der Waals surface area contributed by atoms with Crippen molar-refractivity contribution in [2.75, 3.05) is 26.9 Å². The van der Waals surface area contributed by atoms with Gasteiger partial charge in [0, 0.05) is 18.0 Å². The first-order valence-electron chi connectivity index (χ1n) is 7.91. The highest BCUT2D eigenvalue weighted by atomic mass is 31.2. The molecular formula is C18H22NO4P. The highest BCUT2D eigenvalue weighted by Crippen LogP contribution is 2.54. The first-order valence-corrected chi connectivity index (χ1v) is 9.76. The third-order valence-corrected chi connectivity index (χ3v) is 7.57. The van der Waals surface area contributed by atoms with Gasteiger partial charge >= 0.3 is 0 Å². The van der Waals surface area contributed by atoms with Crippen molar-refractivity contribution in [3.63, 3.8) is 0 Å². The highest BCUT2D eigenvalue weighted by Gasteiger charge is 2.39. The molecule has 24 heavy (non-hydrogen) atoms. The first-order chi connectivity index (χ1) is 11.6. The van der Waals surface area contributed by atoms with Gasteiger partial charge in [0.2, 0.25) is 7.29 Å². The van der Waals surface area contributed by atoms with E-state index in [2.05, 4.69) is 0 Å². The van der Waals surface area contributed by atoms with E-state index < -0.39 is 7.29 Å². The van der Waals surface area contributed by atoms with E-state index >= 15 is 0 Å². The van der Waals surface area contributed by atoms with Gasteiger partial charge in [0.05, 0.1) is 14.2 Å². The summed E-state index contributed by atoms with van der Waals surface area (Å²) in [4.78, 5) is 1.04. The molecule has 1 aliphatic rings. The molecule has 1 N–H and O–H groups in total. The second-order valence-corrected chi connectivity index (χ2v) is 8.68. The second-order valence-electron chi connectivity index (χ2n) is 5.94. The maximum absolute atomic E-state index is 13.5. The first kappa shape index (κ1) is 17.0. The zero-order chi connectivity index (χ0) is 17.2. The standard InChI is InChI=1S/C18H22NO4P/c1-22-16-5-3-14(4-6-16)15-11-12-19(20)24(21,13-15)18-9-7-17(23-2)8-10-18/h3-10,15,20H,11-13H2,1-2H3. The Hall–Kier alpha value is -1.81. The molecule has 6 heteroatoms. The molecule has 2 atom stereocenters. The molecule has 0 aliphatic carbocycles. The molecule has 5 nitrogen and oxygen atoms in total. The highest BCUT2D eigenvalue weighted by molar-refractivity contribution is 7.69. The summed E-state index contributed by atoms with van der Waals surface area (Å²) in [5.41, 5.74) is 1.12. The lowest BCUT2D eigenvalue weighted by molar-refractivity contribution is -0.00625. The Bertz CT molecular complexity index is 730. The van der Waals surface area contributed by atoms with Crippen LogP contribution in [-0.2, 0) is 4.57 Å². The fourth-order valence-corrected chi connectivity index (χ4v) is 5.83. The Morgan fingerprint density at radius 2 is 1.54 bits per heavy atom. The van der Waals surface area contributed by atoms with E-state index in [-0.39, 0.29) is 5.92 Å². The molecule has 128 valence electrons. The van der Waals surface area contributed by atoms with Gasteiger partial charge in [0.15, 0.2) is 0 Å². The zero-order valence-corrected chi connectivity index (χ0v) is 14.8. The van der Waals surface area contributed by atoms with E-state index in [0.717, 1.165) is 22.6 Å². The summed E-state index contributed by atoms with van der Waals surface area (Å²) in [5.74, 6) is 1.66. The minimum atomic E-state index is -3.03. The molecule has 0 amide bonds. The number of hydroxylamine groups is 1. The summed E-state index contributed by atoms with van der Waals surface area (Å²) < 4.78 is 23.8. The molecule has 2 unspecified atom stereocenters. The average molecular weight is 347 g/mol. The second kappa shape index (κ2) is 6.98. The number of benzene rings is 2. The Morgan fingerprint density at radius 3 is 2.08 bits per heavy atom. The number of nitrogens with zero attached hydrogens (tertiary/aromatic N) is 1. The minimum Gasteiger partial charge on any atom is -0.497 e. The van der Waals surface area contributed by atoms with Gasteiger partial charge in [-0.3, -0.25) is 4.57 Å². The molecule has 1 fully saturated rings. The van der Waals surface area contributed by atoms with Gasteiger partial charge in [0.1, 0.15) is 11.5 Å². The molecule has 1 saturated heterocycles. The van der Waals surface area contributed by atoms with Crippen LogP contribution < -0.4 is 14.8 Å². The van der Waals surface area contributed by atoms with Crippen molar-refractivity contribution in [3.8, 4) is 11.5 Å². The van der Waals surface area contributed by atoms with E-state index in [9.17, 15) is 9.77 Å². The molecule has 1 aliphatic heterocycles.